The summed E-state index contributed by atoms with van der Waals surface area (Å²) in [6.07, 6.45) is 0. The van der Waals surface area contributed by atoms with Gasteiger partial charge in [0.05, 0.1) is 0 Å². The maximum atomic E-state index is 10.7. The highest BCUT2D eigenvalue weighted by Gasteiger charge is 2.36. The van der Waals surface area contributed by atoms with Crippen LogP contribution in [0.5, 0.6) is 0 Å². The van der Waals surface area contributed by atoms with Crippen LogP contribution in [0, 0.1) is 48.7 Å². The Morgan fingerprint density at radius 2 is 0.963 bits per heavy atom. The zero-order valence-electron chi connectivity index (χ0n) is 16.0. The predicted molar refractivity (Wildman–Crippen MR) is 94.5 cm³/mol. The van der Waals surface area contributed by atoms with E-state index in [0.29, 0.717) is 0 Å². The van der Waals surface area contributed by atoms with Crippen LogP contribution in [0.3, 0.4) is 0 Å². The van der Waals surface area contributed by atoms with Gasteiger partial charge >= 0.3 is 26.7 Å². The number of hydrogen-bond acceptors (Lipinski definition) is 3. The summed E-state index contributed by atoms with van der Waals surface area (Å²) in [6, 6.07) is 9.28. The van der Waals surface area contributed by atoms with Crippen molar-refractivity contribution in [3.8, 4) is 0 Å². The molecule has 0 aliphatic heterocycles. The van der Waals surface area contributed by atoms with Crippen molar-refractivity contribution >= 4 is 10.1 Å². The second kappa shape index (κ2) is 8.91. The molecule has 0 amide bonds. The van der Waals surface area contributed by atoms with Gasteiger partial charge in [-0.15, -0.1) is 0 Å². The Hall–Kier alpha value is -1.13. The lowest BCUT2D eigenvalue weighted by Crippen LogP contribution is -3.62. The second-order valence-electron chi connectivity index (χ2n) is 6.42. The first kappa shape index (κ1) is 23.9. The summed E-state index contributed by atoms with van der Waals surface area (Å²) < 4.78 is 62.1. The average molecular weight is 514 g/mol. The molecule has 3 nitrogen and oxygen atoms in total. The lowest BCUT2D eigenvalue weighted by molar-refractivity contribution is -0.600. The number of halogens is 4. The van der Waals surface area contributed by atoms with Gasteiger partial charge in [0.25, 0.3) is 0 Å². The lowest BCUT2D eigenvalue weighted by atomic mass is 10.1. The average Bonchev–Trinajstić information content (AvgIpc) is 2.43. The van der Waals surface area contributed by atoms with E-state index in [1.807, 2.05) is 0 Å². The quantitative estimate of drug-likeness (QED) is 0.349. The van der Waals surface area contributed by atoms with Gasteiger partial charge in [0.2, 0.25) is 0 Å². The predicted octanol–water partition coefficient (Wildman–Crippen LogP) is 1.72. The first-order valence-corrected chi connectivity index (χ1v) is 11.5. The van der Waals surface area contributed by atoms with Crippen LogP contribution in [-0.4, -0.2) is 18.5 Å². The van der Waals surface area contributed by atoms with Crippen LogP contribution in [-0.2, 0) is 10.1 Å². The van der Waals surface area contributed by atoms with Gasteiger partial charge in [-0.05, 0) is 41.5 Å². The summed E-state index contributed by atoms with van der Waals surface area (Å²) in [4.78, 5) is 0. The Morgan fingerprint density at radius 1 is 0.741 bits per heavy atom. The van der Waals surface area contributed by atoms with Crippen LogP contribution in [0.1, 0.15) is 33.4 Å². The molecule has 2 rings (SSSR count). The molecule has 0 heterocycles. The standard InChI is InChI=1S/C18H22I.CHF3O3S/c1-11-7-13(3)17(14(4)8-11)19-18-15(5)9-12(2)10-16(18)6;2-1(3,4)8(5,6)7/h7-10H,1-6H3;(H,5,6,7)/q+1;/p-1. The Labute approximate surface area is 169 Å². The molecular weight excluding hydrogens is 492 g/mol. The van der Waals surface area contributed by atoms with Gasteiger partial charge in [-0.3, -0.25) is 0 Å². The zero-order chi connectivity index (χ0) is 21.2. The van der Waals surface area contributed by atoms with E-state index in [0.717, 1.165) is 0 Å². The van der Waals surface area contributed by atoms with Gasteiger partial charge in [0, 0.05) is 22.3 Å². The molecule has 0 atom stereocenters. The summed E-state index contributed by atoms with van der Waals surface area (Å²) >= 11 is -0.0837. The number of rotatable bonds is 2. The van der Waals surface area contributed by atoms with Gasteiger partial charge < -0.3 is 4.55 Å². The van der Waals surface area contributed by atoms with Crippen molar-refractivity contribution in [1.82, 2.24) is 0 Å². The monoisotopic (exact) mass is 514 g/mol. The van der Waals surface area contributed by atoms with E-state index in [9.17, 15) is 13.2 Å². The molecule has 0 saturated carbocycles. The van der Waals surface area contributed by atoms with Crippen LogP contribution in [0.25, 0.3) is 0 Å². The van der Waals surface area contributed by atoms with E-state index < -0.39 is 15.6 Å². The molecule has 27 heavy (non-hydrogen) atoms. The molecule has 0 spiro atoms. The first-order chi connectivity index (χ1) is 12.1. The Kier molecular flexibility index (Phi) is 7.89. The molecule has 0 radical (unpaired) electrons. The van der Waals surface area contributed by atoms with E-state index in [1.54, 1.807) is 7.14 Å². The highest BCUT2D eigenvalue weighted by molar-refractivity contribution is 7.86. The third-order valence-corrected chi connectivity index (χ3v) is 8.68. The maximum absolute atomic E-state index is 10.7. The van der Waals surface area contributed by atoms with E-state index in [1.165, 1.54) is 33.4 Å². The minimum absolute atomic E-state index is 0.0837. The molecule has 0 saturated heterocycles. The molecular formula is C19H22F3IO3S. The molecule has 0 aliphatic rings. The third kappa shape index (κ3) is 6.76. The minimum Gasteiger partial charge on any atom is -0.741 e. The van der Waals surface area contributed by atoms with E-state index in [2.05, 4.69) is 65.8 Å². The van der Waals surface area contributed by atoms with Gasteiger partial charge in [-0.1, -0.05) is 35.4 Å². The summed E-state index contributed by atoms with van der Waals surface area (Å²) in [6.45, 7) is 13.4. The van der Waals surface area contributed by atoms with Gasteiger partial charge in [0.1, 0.15) is 0 Å². The summed E-state index contributed by atoms with van der Waals surface area (Å²) in [5.74, 6) is 0. The Balaban J connectivity index is 0.000000387. The second-order valence-corrected chi connectivity index (χ2v) is 10.5. The Bertz CT molecular complexity index is 834. The summed E-state index contributed by atoms with van der Waals surface area (Å²) in [5.41, 5.74) is 2.96. The molecule has 150 valence electrons. The van der Waals surface area contributed by atoms with Crippen LogP contribution in [0.2, 0.25) is 0 Å². The van der Waals surface area contributed by atoms with Gasteiger partial charge in [-0.2, -0.15) is 13.2 Å². The lowest BCUT2D eigenvalue weighted by Gasteiger charge is -2.08. The number of benzene rings is 2. The van der Waals surface area contributed by atoms with Crippen molar-refractivity contribution in [3.63, 3.8) is 0 Å². The van der Waals surface area contributed by atoms with Crippen molar-refractivity contribution < 1.29 is 47.3 Å². The van der Waals surface area contributed by atoms with Crippen LogP contribution in [0.15, 0.2) is 24.3 Å². The number of alkyl halides is 3. The molecule has 8 heteroatoms. The number of aryl methyl sites for hydroxylation is 6. The van der Waals surface area contributed by atoms with E-state index in [4.69, 9.17) is 13.0 Å². The molecule has 0 N–H and O–H groups in total. The van der Waals surface area contributed by atoms with Crippen molar-refractivity contribution in [1.29, 1.82) is 0 Å². The molecule has 2 aromatic carbocycles. The molecule has 0 aromatic heterocycles. The smallest absolute Gasteiger partial charge is 0.485 e. The molecule has 0 bridgehead atoms. The van der Waals surface area contributed by atoms with Crippen molar-refractivity contribution in [2.24, 2.45) is 0 Å². The third-order valence-electron chi connectivity index (χ3n) is 3.63. The Morgan fingerprint density at radius 3 is 1.15 bits per heavy atom. The molecule has 0 fully saturated rings. The highest BCUT2D eigenvalue weighted by Crippen LogP contribution is 2.20. The maximum Gasteiger partial charge on any atom is 0.485 e. The van der Waals surface area contributed by atoms with Gasteiger partial charge in [-0.25, -0.2) is 8.42 Å². The largest absolute Gasteiger partial charge is 0.741 e. The fraction of sp³-hybridized carbons (Fsp3) is 0.368. The van der Waals surface area contributed by atoms with Crippen LogP contribution < -0.4 is 21.2 Å². The SMILES string of the molecule is Cc1cc(C)c([I+]c2c(C)cc(C)cc2C)c(C)c1.O=S(=O)([O-])C(F)(F)F. The molecule has 0 unspecified atom stereocenters. The van der Waals surface area contributed by atoms with Gasteiger partial charge in [0.15, 0.2) is 17.3 Å². The van der Waals surface area contributed by atoms with Crippen molar-refractivity contribution in [2.75, 3.05) is 0 Å². The van der Waals surface area contributed by atoms with E-state index in [-0.39, 0.29) is 21.2 Å². The normalized spacial score (nSPS) is 11.8. The number of hydrogen-bond donors (Lipinski definition) is 0. The topological polar surface area (TPSA) is 57.2 Å². The van der Waals surface area contributed by atoms with Crippen molar-refractivity contribution in [2.45, 2.75) is 47.1 Å². The highest BCUT2D eigenvalue weighted by atomic mass is 127. The zero-order valence-corrected chi connectivity index (χ0v) is 18.9. The fourth-order valence-electron chi connectivity index (χ4n) is 2.72. The molecule has 2 aromatic rings. The summed E-state index contributed by atoms with van der Waals surface area (Å²) in [5, 5.41) is 0. The van der Waals surface area contributed by atoms with Crippen LogP contribution >= 0.6 is 0 Å². The van der Waals surface area contributed by atoms with Crippen molar-refractivity contribution in [3.05, 3.63) is 64.8 Å². The van der Waals surface area contributed by atoms with E-state index >= 15 is 0 Å². The van der Waals surface area contributed by atoms with Crippen LogP contribution in [0.4, 0.5) is 13.2 Å². The molecule has 0 aliphatic carbocycles. The first-order valence-electron chi connectivity index (χ1n) is 7.96. The minimum atomic E-state index is -6.09. The summed E-state index contributed by atoms with van der Waals surface area (Å²) in [7, 11) is -6.09. The fourth-order valence-corrected chi connectivity index (χ4v) is 5.58.